The van der Waals surface area contributed by atoms with E-state index < -0.39 is 12.1 Å². The number of halogens is 2. The van der Waals surface area contributed by atoms with Crippen molar-refractivity contribution >= 4 is 45.9 Å². The zero-order chi connectivity index (χ0) is 17.3. The molecule has 0 saturated heterocycles. The standard InChI is InChI=1S/C18H13Cl2NO3/c1-10(24-18(23)12-6-4-7-14(19)16(12)20)17(22)13-9-21-15-8-3-2-5-11(13)15/h2-10,21H,1H3/t10-/m1/s1. The second-order valence-corrected chi connectivity index (χ2v) is 6.05. The number of fused-ring (bicyclic) bond motifs is 1. The number of nitrogens with one attached hydrogen (secondary N) is 1. The van der Waals surface area contributed by atoms with E-state index in [-0.39, 0.29) is 21.4 Å². The van der Waals surface area contributed by atoms with Crippen LogP contribution in [-0.2, 0) is 4.74 Å². The summed E-state index contributed by atoms with van der Waals surface area (Å²) in [4.78, 5) is 27.8. The third-order valence-corrected chi connectivity index (χ3v) is 4.50. The van der Waals surface area contributed by atoms with E-state index in [0.717, 1.165) is 10.9 Å². The van der Waals surface area contributed by atoms with Crippen molar-refractivity contribution in [3.05, 3.63) is 69.8 Å². The molecule has 0 saturated carbocycles. The monoisotopic (exact) mass is 361 g/mol. The number of ether oxygens (including phenoxy) is 1. The van der Waals surface area contributed by atoms with Gasteiger partial charge in [0.2, 0.25) is 5.78 Å². The molecule has 3 aromatic rings. The Hall–Kier alpha value is -2.30. The zero-order valence-corrected chi connectivity index (χ0v) is 14.2. The molecule has 1 atom stereocenters. The van der Waals surface area contributed by atoms with Crippen molar-refractivity contribution in [3.8, 4) is 0 Å². The van der Waals surface area contributed by atoms with Gasteiger partial charge in [-0.15, -0.1) is 0 Å². The number of carbonyl (C=O) groups excluding carboxylic acids is 2. The Morgan fingerprint density at radius 2 is 1.79 bits per heavy atom. The van der Waals surface area contributed by atoms with Crippen LogP contribution in [0.25, 0.3) is 10.9 Å². The molecule has 122 valence electrons. The van der Waals surface area contributed by atoms with Crippen LogP contribution in [0.1, 0.15) is 27.6 Å². The minimum absolute atomic E-state index is 0.107. The molecule has 1 aromatic heterocycles. The van der Waals surface area contributed by atoms with Crippen molar-refractivity contribution in [1.82, 2.24) is 4.98 Å². The number of H-pyrrole nitrogens is 1. The molecule has 2 aromatic carbocycles. The Labute approximate surface area is 148 Å². The van der Waals surface area contributed by atoms with Gasteiger partial charge in [-0.25, -0.2) is 4.79 Å². The van der Waals surface area contributed by atoms with Crippen LogP contribution in [0.15, 0.2) is 48.7 Å². The first-order chi connectivity index (χ1) is 11.5. The van der Waals surface area contributed by atoms with E-state index in [4.69, 9.17) is 27.9 Å². The van der Waals surface area contributed by atoms with Gasteiger partial charge in [0.1, 0.15) is 0 Å². The molecule has 0 fully saturated rings. The van der Waals surface area contributed by atoms with Crippen molar-refractivity contribution in [2.24, 2.45) is 0 Å². The van der Waals surface area contributed by atoms with Crippen LogP contribution in [0.3, 0.4) is 0 Å². The fraction of sp³-hybridized carbons (Fsp3) is 0.111. The molecule has 0 spiro atoms. The average Bonchev–Trinajstić information content (AvgIpc) is 3.00. The van der Waals surface area contributed by atoms with Crippen LogP contribution in [-0.4, -0.2) is 22.8 Å². The number of aromatic amines is 1. The summed E-state index contributed by atoms with van der Waals surface area (Å²) in [6, 6.07) is 12.1. The highest BCUT2D eigenvalue weighted by molar-refractivity contribution is 6.43. The predicted octanol–water partition coefficient (Wildman–Crippen LogP) is 4.90. The fourth-order valence-electron chi connectivity index (χ4n) is 2.43. The zero-order valence-electron chi connectivity index (χ0n) is 12.7. The van der Waals surface area contributed by atoms with Gasteiger partial charge in [0.15, 0.2) is 6.10 Å². The van der Waals surface area contributed by atoms with Crippen molar-refractivity contribution in [1.29, 1.82) is 0 Å². The van der Waals surface area contributed by atoms with E-state index in [1.54, 1.807) is 18.3 Å². The van der Waals surface area contributed by atoms with Gasteiger partial charge in [-0.1, -0.05) is 47.5 Å². The lowest BCUT2D eigenvalue weighted by atomic mass is 10.1. The number of aromatic nitrogens is 1. The van der Waals surface area contributed by atoms with E-state index in [1.165, 1.54) is 13.0 Å². The van der Waals surface area contributed by atoms with Gasteiger partial charge in [0, 0.05) is 22.7 Å². The van der Waals surface area contributed by atoms with Gasteiger partial charge in [-0.3, -0.25) is 4.79 Å². The van der Waals surface area contributed by atoms with Crippen LogP contribution < -0.4 is 0 Å². The minimum atomic E-state index is -0.952. The Balaban J connectivity index is 1.81. The van der Waals surface area contributed by atoms with Crippen molar-refractivity contribution in [2.75, 3.05) is 0 Å². The normalized spacial score (nSPS) is 12.1. The second-order valence-electron chi connectivity index (χ2n) is 5.26. The minimum Gasteiger partial charge on any atom is -0.451 e. The highest BCUT2D eigenvalue weighted by atomic mass is 35.5. The van der Waals surface area contributed by atoms with Crippen LogP contribution in [0.5, 0.6) is 0 Å². The molecule has 1 heterocycles. The maximum Gasteiger partial charge on any atom is 0.340 e. The molecule has 1 N–H and O–H groups in total. The van der Waals surface area contributed by atoms with E-state index in [1.807, 2.05) is 24.3 Å². The average molecular weight is 362 g/mol. The number of carbonyl (C=O) groups is 2. The molecule has 0 aliphatic heterocycles. The topological polar surface area (TPSA) is 59.2 Å². The molecular weight excluding hydrogens is 349 g/mol. The lowest BCUT2D eigenvalue weighted by molar-refractivity contribution is 0.0319. The third-order valence-electron chi connectivity index (χ3n) is 3.68. The maximum atomic E-state index is 12.6. The Bertz CT molecular complexity index is 933. The smallest absolute Gasteiger partial charge is 0.340 e. The molecule has 0 bridgehead atoms. The van der Waals surface area contributed by atoms with Gasteiger partial charge in [-0.2, -0.15) is 0 Å². The molecule has 0 unspecified atom stereocenters. The molecule has 0 aliphatic carbocycles. The van der Waals surface area contributed by atoms with Crippen molar-refractivity contribution < 1.29 is 14.3 Å². The van der Waals surface area contributed by atoms with E-state index in [9.17, 15) is 9.59 Å². The third kappa shape index (κ3) is 3.03. The first kappa shape index (κ1) is 16.6. The Kier molecular flexibility index (Phi) is 4.60. The van der Waals surface area contributed by atoms with Gasteiger partial charge < -0.3 is 9.72 Å². The summed E-state index contributed by atoms with van der Waals surface area (Å²) in [5.74, 6) is -0.984. The number of Topliss-reactive ketones (excluding diaryl/α,β-unsaturated/α-hetero) is 1. The fourth-order valence-corrected chi connectivity index (χ4v) is 2.81. The first-order valence-electron chi connectivity index (χ1n) is 7.24. The van der Waals surface area contributed by atoms with Gasteiger partial charge in [-0.05, 0) is 25.1 Å². The number of benzene rings is 2. The van der Waals surface area contributed by atoms with E-state index >= 15 is 0 Å². The second kappa shape index (κ2) is 6.67. The van der Waals surface area contributed by atoms with Crippen LogP contribution in [0.2, 0.25) is 10.0 Å². The molecule has 0 amide bonds. The van der Waals surface area contributed by atoms with Crippen molar-refractivity contribution in [2.45, 2.75) is 13.0 Å². The van der Waals surface area contributed by atoms with Gasteiger partial charge in [0.05, 0.1) is 15.6 Å². The van der Waals surface area contributed by atoms with E-state index in [0.29, 0.717) is 5.56 Å². The number of rotatable bonds is 4. The van der Waals surface area contributed by atoms with Gasteiger partial charge in [0.25, 0.3) is 0 Å². The number of ketones is 1. The lowest BCUT2D eigenvalue weighted by Crippen LogP contribution is -2.24. The van der Waals surface area contributed by atoms with E-state index in [2.05, 4.69) is 4.98 Å². The summed E-state index contributed by atoms with van der Waals surface area (Å²) in [6.07, 6.45) is 0.663. The quantitative estimate of drug-likeness (QED) is 0.530. The highest BCUT2D eigenvalue weighted by Gasteiger charge is 2.24. The summed E-state index contributed by atoms with van der Waals surface area (Å²) in [5.41, 5.74) is 1.45. The lowest BCUT2D eigenvalue weighted by Gasteiger charge is -2.13. The maximum absolute atomic E-state index is 12.6. The number of hydrogen-bond donors (Lipinski definition) is 1. The SMILES string of the molecule is C[C@@H](OC(=O)c1cccc(Cl)c1Cl)C(=O)c1c[nH]c2ccccc12. The highest BCUT2D eigenvalue weighted by Crippen LogP contribution is 2.27. The Morgan fingerprint density at radius 3 is 2.58 bits per heavy atom. The molecule has 6 heteroatoms. The molecule has 3 rings (SSSR count). The van der Waals surface area contributed by atoms with Crippen molar-refractivity contribution in [3.63, 3.8) is 0 Å². The van der Waals surface area contributed by atoms with Crippen LogP contribution in [0, 0.1) is 0 Å². The number of para-hydroxylation sites is 1. The predicted molar refractivity (Wildman–Crippen MR) is 94.0 cm³/mol. The summed E-state index contributed by atoms with van der Waals surface area (Å²) in [6.45, 7) is 1.53. The summed E-state index contributed by atoms with van der Waals surface area (Å²) in [7, 11) is 0. The molecule has 24 heavy (non-hydrogen) atoms. The number of hydrogen-bond acceptors (Lipinski definition) is 3. The molecular formula is C18H13Cl2NO3. The summed E-state index contributed by atoms with van der Waals surface area (Å²) >= 11 is 11.9. The first-order valence-corrected chi connectivity index (χ1v) is 8.00. The van der Waals surface area contributed by atoms with Crippen LogP contribution >= 0.6 is 23.2 Å². The largest absolute Gasteiger partial charge is 0.451 e. The van der Waals surface area contributed by atoms with Gasteiger partial charge >= 0.3 is 5.97 Å². The summed E-state index contributed by atoms with van der Waals surface area (Å²) < 4.78 is 5.26. The van der Waals surface area contributed by atoms with Crippen LogP contribution in [0.4, 0.5) is 0 Å². The molecule has 4 nitrogen and oxygen atoms in total. The summed E-state index contributed by atoms with van der Waals surface area (Å²) in [5, 5.41) is 1.14. The molecule has 0 aliphatic rings. The Morgan fingerprint density at radius 1 is 1.04 bits per heavy atom. The number of esters is 1. The molecule has 0 radical (unpaired) electrons.